The number of piperidine rings is 1. The molecular formula is C20H25N3O4S. The molecule has 1 aromatic carbocycles. The number of likely N-dealkylation sites (N-methyl/N-ethyl adjacent to an activating group) is 1. The van der Waals surface area contributed by atoms with Gasteiger partial charge in [0.2, 0.25) is 21.6 Å². The van der Waals surface area contributed by atoms with Crippen molar-refractivity contribution < 1.29 is 18.0 Å². The molecule has 2 saturated heterocycles. The van der Waals surface area contributed by atoms with Crippen LogP contribution >= 0.6 is 0 Å². The van der Waals surface area contributed by atoms with Crippen LogP contribution in [0.2, 0.25) is 0 Å². The highest BCUT2D eigenvalue weighted by Crippen LogP contribution is 2.34. The van der Waals surface area contributed by atoms with E-state index in [4.69, 9.17) is 0 Å². The maximum absolute atomic E-state index is 13.5. The first-order valence-electron chi connectivity index (χ1n) is 9.77. The van der Waals surface area contributed by atoms with E-state index in [2.05, 4.69) is 4.90 Å². The van der Waals surface area contributed by atoms with Crippen molar-refractivity contribution in [3.63, 3.8) is 0 Å². The third kappa shape index (κ3) is 3.19. The number of carbonyl (C=O) groups excluding carboxylic acids is 2. The maximum Gasteiger partial charge on any atom is 0.249 e. The molecule has 2 heterocycles. The van der Waals surface area contributed by atoms with Crippen molar-refractivity contribution in [1.29, 1.82) is 0 Å². The second-order valence-electron chi connectivity index (χ2n) is 7.64. The molecule has 1 aliphatic carbocycles. The van der Waals surface area contributed by atoms with Crippen LogP contribution in [0.3, 0.4) is 0 Å². The van der Waals surface area contributed by atoms with E-state index < -0.39 is 15.8 Å². The number of rotatable bonds is 3. The highest BCUT2D eigenvalue weighted by atomic mass is 32.2. The van der Waals surface area contributed by atoms with Gasteiger partial charge in [-0.05, 0) is 26.3 Å². The fourth-order valence-corrected chi connectivity index (χ4v) is 5.85. The summed E-state index contributed by atoms with van der Waals surface area (Å²) in [5.74, 6) is -0.917. The number of nitrogens with zero attached hydrogens (tertiary/aromatic N) is 3. The summed E-state index contributed by atoms with van der Waals surface area (Å²) in [4.78, 5) is 30.2. The molecule has 0 bridgehead atoms. The third-order valence-electron chi connectivity index (χ3n) is 5.79. The van der Waals surface area contributed by atoms with E-state index >= 15 is 0 Å². The number of likely N-dealkylation sites (tertiary alicyclic amines) is 1. The van der Waals surface area contributed by atoms with Gasteiger partial charge in [-0.1, -0.05) is 24.3 Å². The normalized spacial score (nSPS) is 22.5. The van der Waals surface area contributed by atoms with Crippen molar-refractivity contribution >= 4 is 21.6 Å². The van der Waals surface area contributed by atoms with Crippen molar-refractivity contribution in [2.75, 3.05) is 46.3 Å². The first kappa shape index (κ1) is 19.3. The summed E-state index contributed by atoms with van der Waals surface area (Å²) in [5, 5.41) is 0. The zero-order chi connectivity index (χ0) is 19.9. The van der Waals surface area contributed by atoms with E-state index in [0.29, 0.717) is 44.8 Å². The van der Waals surface area contributed by atoms with Gasteiger partial charge in [0.05, 0.1) is 0 Å². The van der Waals surface area contributed by atoms with E-state index in [9.17, 15) is 18.0 Å². The Bertz CT molecular complexity index is 940. The number of piperazine rings is 1. The first-order valence-corrected chi connectivity index (χ1v) is 11.2. The summed E-state index contributed by atoms with van der Waals surface area (Å²) in [7, 11) is -2.12. The molecule has 2 aliphatic heterocycles. The van der Waals surface area contributed by atoms with Crippen molar-refractivity contribution in [2.24, 2.45) is 0 Å². The molecule has 0 spiro atoms. The second-order valence-corrected chi connectivity index (χ2v) is 9.51. The molecule has 4 rings (SSSR count). The Balaban J connectivity index is 1.85. The van der Waals surface area contributed by atoms with E-state index in [0.717, 1.165) is 19.3 Å². The molecular weight excluding hydrogens is 378 g/mol. The van der Waals surface area contributed by atoms with Gasteiger partial charge in [-0.3, -0.25) is 9.59 Å². The number of hydrogen-bond acceptors (Lipinski definition) is 6. The number of fused-ring (bicyclic) bond motifs is 1. The number of allylic oxidation sites excluding steroid dienone is 2. The number of benzene rings is 1. The van der Waals surface area contributed by atoms with Crippen molar-refractivity contribution in [2.45, 2.75) is 19.3 Å². The van der Waals surface area contributed by atoms with Crippen LogP contribution in [0, 0.1) is 0 Å². The van der Waals surface area contributed by atoms with E-state index in [1.54, 1.807) is 24.3 Å². The number of carbonyl (C=O) groups is 2. The van der Waals surface area contributed by atoms with Crippen LogP contribution < -0.4 is 0 Å². The Hall–Kier alpha value is -2.03. The predicted molar refractivity (Wildman–Crippen MR) is 106 cm³/mol. The van der Waals surface area contributed by atoms with E-state index in [1.165, 1.54) is 4.31 Å². The fraction of sp³-hybridized carbons (Fsp3) is 0.500. The molecule has 0 N–H and O–H groups in total. The topological polar surface area (TPSA) is 78.0 Å². The van der Waals surface area contributed by atoms with Crippen LogP contribution in [0.15, 0.2) is 34.9 Å². The molecule has 8 heteroatoms. The zero-order valence-corrected chi connectivity index (χ0v) is 16.9. The molecule has 0 aromatic heterocycles. The molecule has 0 unspecified atom stereocenters. The number of ketones is 2. The lowest BCUT2D eigenvalue weighted by Crippen LogP contribution is -2.49. The number of hydrogen-bond donors (Lipinski definition) is 0. The van der Waals surface area contributed by atoms with Crippen LogP contribution in [-0.4, -0.2) is 80.4 Å². The van der Waals surface area contributed by atoms with Crippen molar-refractivity contribution in [3.8, 4) is 0 Å². The SMILES string of the molecule is CN1CCN(S(=O)(=O)C2=C(N3CCCCC3)C(=O)c3ccccc3C2=O)CC1. The Labute approximate surface area is 165 Å². The summed E-state index contributed by atoms with van der Waals surface area (Å²) in [5.41, 5.74) is 0.550. The van der Waals surface area contributed by atoms with E-state index in [1.807, 2.05) is 11.9 Å². The highest BCUT2D eigenvalue weighted by Gasteiger charge is 2.44. The zero-order valence-electron chi connectivity index (χ0n) is 16.1. The standard InChI is InChI=1S/C20H25N3O4S/c1-21-11-13-23(14-12-21)28(26,27)20-17(22-9-5-2-6-10-22)18(24)15-7-3-4-8-16(15)19(20)25/h3-4,7-8H,2,5-6,9-14H2,1H3. The van der Waals surface area contributed by atoms with Crippen LogP contribution in [0.4, 0.5) is 0 Å². The molecule has 7 nitrogen and oxygen atoms in total. The van der Waals surface area contributed by atoms with Gasteiger partial charge in [0.15, 0.2) is 4.91 Å². The van der Waals surface area contributed by atoms with Gasteiger partial charge in [-0.25, -0.2) is 8.42 Å². The maximum atomic E-state index is 13.5. The van der Waals surface area contributed by atoms with Crippen molar-refractivity contribution in [1.82, 2.24) is 14.1 Å². The predicted octanol–water partition coefficient (Wildman–Crippen LogP) is 1.34. The summed E-state index contributed by atoms with van der Waals surface area (Å²) in [6.07, 6.45) is 2.81. The second kappa shape index (κ2) is 7.42. The van der Waals surface area contributed by atoms with Gasteiger partial charge < -0.3 is 9.80 Å². The molecule has 3 aliphatic rings. The lowest BCUT2D eigenvalue weighted by molar-refractivity contribution is 0.0938. The molecule has 150 valence electrons. The smallest absolute Gasteiger partial charge is 0.249 e. The molecule has 28 heavy (non-hydrogen) atoms. The minimum atomic E-state index is -4.06. The third-order valence-corrected chi connectivity index (χ3v) is 7.72. The minimum absolute atomic E-state index is 0.0716. The Morgan fingerprint density at radius 3 is 1.96 bits per heavy atom. The fourth-order valence-electron chi connectivity index (χ4n) is 4.14. The number of Topliss-reactive ketones (excluding diaryl/α,β-unsaturated/α-hetero) is 2. The quantitative estimate of drug-likeness (QED) is 0.758. The van der Waals surface area contributed by atoms with Gasteiger partial charge in [-0.2, -0.15) is 4.31 Å². The van der Waals surface area contributed by atoms with Crippen LogP contribution in [0.1, 0.15) is 40.0 Å². The average Bonchev–Trinajstić information content (AvgIpc) is 2.71. The summed E-state index contributed by atoms with van der Waals surface area (Å²) >= 11 is 0. The molecule has 1 aromatic rings. The first-order chi connectivity index (χ1) is 13.4. The molecule has 0 radical (unpaired) electrons. The van der Waals surface area contributed by atoms with Gasteiger partial charge >= 0.3 is 0 Å². The number of sulfonamides is 1. The largest absolute Gasteiger partial charge is 0.367 e. The van der Waals surface area contributed by atoms with Crippen molar-refractivity contribution in [3.05, 3.63) is 46.0 Å². The van der Waals surface area contributed by atoms with Gasteiger partial charge in [0, 0.05) is 50.4 Å². The lowest BCUT2D eigenvalue weighted by atomic mass is 9.91. The Morgan fingerprint density at radius 1 is 0.786 bits per heavy atom. The average molecular weight is 404 g/mol. The lowest BCUT2D eigenvalue weighted by Gasteiger charge is -2.36. The van der Waals surface area contributed by atoms with E-state index in [-0.39, 0.29) is 21.9 Å². The molecule has 0 amide bonds. The highest BCUT2D eigenvalue weighted by molar-refractivity contribution is 7.94. The molecule has 2 fully saturated rings. The van der Waals surface area contributed by atoms with Crippen LogP contribution in [0.25, 0.3) is 0 Å². The summed E-state index contributed by atoms with van der Waals surface area (Å²) in [6, 6.07) is 6.52. The summed E-state index contributed by atoms with van der Waals surface area (Å²) < 4.78 is 28.4. The summed E-state index contributed by atoms with van der Waals surface area (Å²) in [6.45, 7) is 3.03. The molecule has 0 saturated carbocycles. The van der Waals surface area contributed by atoms with Crippen LogP contribution in [-0.2, 0) is 10.0 Å². The Kier molecular flexibility index (Phi) is 5.11. The van der Waals surface area contributed by atoms with Crippen LogP contribution in [0.5, 0.6) is 0 Å². The Morgan fingerprint density at radius 2 is 1.36 bits per heavy atom. The monoisotopic (exact) mass is 403 g/mol. The minimum Gasteiger partial charge on any atom is -0.367 e. The molecule has 0 atom stereocenters. The van der Waals surface area contributed by atoms with Gasteiger partial charge in [-0.15, -0.1) is 0 Å². The van der Waals surface area contributed by atoms with Gasteiger partial charge in [0.25, 0.3) is 0 Å². The van der Waals surface area contributed by atoms with Gasteiger partial charge in [0.1, 0.15) is 5.70 Å².